The Labute approximate surface area is 180 Å². The van der Waals surface area contributed by atoms with Crippen LogP contribution in [0.4, 0.5) is 0 Å². The van der Waals surface area contributed by atoms with Gasteiger partial charge >= 0.3 is 0 Å². The van der Waals surface area contributed by atoms with Crippen molar-refractivity contribution in [1.29, 1.82) is 0 Å². The van der Waals surface area contributed by atoms with Crippen molar-refractivity contribution in [1.82, 2.24) is 34.6 Å². The fourth-order valence-electron chi connectivity index (χ4n) is 3.20. The topological polar surface area (TPSA) is 83.0 Å². The van der Waals surface area contributed by atoms with Gasteiger partial charge in [0.2, 0.25) is 0 Å². The molecule has 0 spiro atoms. The molecule has 0 aliphatic heterocycles. The van der Waals surface area contributed by atoms with Gasteiger partial charge in [0.1, 0.15) is 0 Å². The van der Waals surface area contributed by atoms with Crippen LogP contribution in [0, 0.1) is 0 Å². The van der Waals surface area contributed by atoms with Crippen LogP contribution in [-0.4, -0.2) is 48.3 Å². The normalized spacial score (nSPS) is 12.7. The fraction of sp³-hybridized carbons (Fsp3) is 0.261. The third kappa shape index (κ3) is 4.75. The molecule has 158 valence electrons. The largest absolute Gasteiger partial charge is 0.383 e. The van der Waals surface area contributed by atoms with Crippen LogP contribution in [0.15, 0.2) is 54.5 Å². The zero-order chi connectivity index (χ0) is 21.6. The minimum atomic E-state index is 0.612. The molecule has 4 aromatic rings. The minimum Gasteiger partial charge on any atom is -0.383 e. The summed E-state index contributed by atoms with van der Waals surface area (Å²) in [4.78, 5) is 4.37. The zero-order valence-corrected chi connectivity index (χ0v) is 17.8. The first-order valence-electron chi connectivity index (χ1n) is 10.2. The minimum absolute atomic E-state index is 0.612. The average molecular weight is 416 g/mol. The Kier molecular flexibility index (Phi) is 6.28. The highest BCUT2D eigenvalue weighted by atomic mass is 16.5. The number of pyridine rings is 1. The molecule has 0 radical (unpaired) electrons. The zero-order valence-electron chi connectivity index (χ0n) is 17.8. The van der Waals surface area contributed by atoms with Gasteiger partial charge in [-0.05, 0) is 35.9 Å². The van der Waals surface area contributed by atoms with E-state index in [0.29, 0.717) is 19.6 Å². The second-order valence-corrected chi connectivity index (χ2v) is 7.16. The summed E-state index contributed by atoms with van der Waals surface area (Å²) >= 11 is 0. The smallest absolute Gasteiger partial charge is 0.177 e. The first-order valence-corrected chi connectivity index (χ1v) is 10.2. The van der Waals surface area contributed by atoms with E-state index in [1.807, 2.05) is 47.4 Å². The molecule has 0 atom stereocenters. The van der Waals surface area contributed by atoms with Gasteiger partial charge in [0.25, 0.3) is 0 Å². The lowest BCUT2D eigenvalue weighted by Gasteiger charge is -2.04. The fourth-order valence-corrected chi connectivity index (χ4v) is 3.20. The number of hydrogen-bond acceptors (Lipinski definition) is 6. The number of nitrogens with zero attached hydrogens (tertiary/aromatic N) is 7. The van der Waals surface area contributed by atoms with Gasteiger partial charge in [0, 0.05) is 31.5 Å². The highest BCUT2D eigenvalue weighted by Crippen LogP contribution is 2.18. The summed E-state index contributed by atoms with van der Waals surface area (Å²) in [6, 6.07) is 7.70. The van der Waals surface area contributed by atoms with Crippen molar-refractivity contribution in [3.05, 3.63) is 70.9 Å². The first-order chi connectivity index (χ1) is 15.2. The van der Waals surface area contributed by atoms with Crippen molar-refractivity contribution in [2.75, 3.05) is 13.7 Å². The maximum Gasteiger partial charge on any atom is 0.177 e. The summed E-state index contributed by atoms with van der Waals surface area (Å²) in [5.74, 6) is 0.793. The van der Waals surface area contributed by atoms with E-state index < -0.39 is 0 Å². The van der Waals surface area contributed by atoms with E-state index in [1.165, 1.54) is 5.57 Å². The molecule has 0 aromatic carbocycles. The first kappa shape index (κ1) is 20.6. The van der Waals surface area contributed by atoms with Crippen molar-refractivity contribution in [2.24, 2.45) is 0 Å². The monoisotopic (exact) mass is 415 g/mol. The van der Waals surface area contributed by atoms with Crippen LogP contribution in [0.1, 0.15) is 19.2 Å². The number of aromatic nitrogens is 7. The third-order valence-corrected chi connectivity index (χ3v) is 5.02. The molecule has 31 heavy (non-hydrogen) atoms. The van der Waals surface area contributed by atoms with Crippen molar-refractivity contribution >= 4 is 18.3 Å². The van der Waals surface area contributed by atoms with Gasteiger partial charge in [-0.15, -0.1) is 10.2 Å². The van der Waals surface area contributed by atoms with Crippen LogP contribution < -0.4 is 10.6 Å². The van der Waals surface area contributed by atoms with Crippen LogP contribution in [0.3, 0.4) is 0 Å². The van der Waals surface area contributed by atoms with E-state index in [4.69, 9.17) is 9.84 Å². The number of hydrogen-bond donors (Lipinski definition) is 0. The molecule has 8 nitrogen and oxygen atoms in total. The van der Waals surface area contributed by atoms with Gasteiger partial charge in [0.05, 0.1) is 30.4 Å². The molecule has 0 saturated heterocycles. The number of fused-ring (bicyclic) bond motifs is 1. The lowest BCUT2D eigenvalue weighted by atomic mass is 10.1. The highest BCUT2D eigenvalue weighted by Gasteiger charge is 2.11. The summed E-state index contributed by atoms with van der Waals surface area (Å²) in [7, 11) is 1.68. The molecule has 4 rings (SSSR count). The Balaban J connectivity index is 1.62. The molecule has 0 aliphatic carbocycles. The number of methoxy groups -OCH3 is 1. The molecule has 4 aromatic heterocycles. The molecular formula is C23H25N7O. The maximum absolute atomic E-state index is 5.11. The predicted octanol–water partition coefficient (Wildman–Crippen LogP) is 1.80. The number of rotatable bonds is 8. The second-order valence-electron chi connectivity index (χ2n) is 7.16. The molecule has 0 unspecified atom stereocenters. The lowest BCUT2D eigenvalue weighted by molar-refractivity contribution is 0.183. The Bertz CT molecular complexity index is 1320. The summed E-state index contributed by atoms with van der Waals surface area (Å²) in [5.41, 5.74) is 3.69. The highest BCUT2D eigenvalue weighted by molar-refractivity contribution is 5.58. The Morgan fingerprint density at radius 2 is 2.13 bits per heavy atom. The third-order valence-electron chi connectivity index (χ3n) is 5.02. The van der Waals surface area contributed by atoms with Crippen LogP contribution in [0.25, 0.3) is 29.6 Å². The lowest BCUT2D eigenvalue weighted by Crippen LogP contribution is -2.25. The van der Waals surface area contributed by atoms with Crippen molar-refractivity contribution in [3.8, 4) is 11.3 Å². The molecule has 0 amide bonds. The molecular weight excluding hydrogens is 390 g/mol. The summed E-state index contributed by atoms with van der Waals surface area (Å²) < 4.78 is 8.77. The molecule has 4 heterocycles. The van der Waals surface area contributed by atoms with Crippen molar-refractivity contribution in [2.45, 2.75) is 26.3 Å². The van der Waals surface area contributed by atoms with Crippen LogP contribution in [-0.2, 0) is 17.7 Å². The average Bonchev–Trinajstić information content (AvgIpc) is 3.43. The van der Waals surface area contributed by atoms with Gasteiger partial charge in [0.15, 0.2) is 11.5 Å². The Morgan fingerprint density at radius 1 is 1.23 bits per heavy atom. The van der Waals surface area contributed by atoms with E-state index in [2.05, 4.69) is 39.9 Å². The summed E-state index contributed by atoms with van der Waals surface area (Å²) in [5, 5.41) is 19.5. The summed E-state index contributed by atoms with van der Waals surface area (Å²) in [6.45, 7) is 7.46. The molecule has 0 aliphatic rings. The van der Waals surface area contributed by atoms with Crippen LogP contribution >= 0.6 is 0 Å². The molecule has 0 fully saturated rings. The standard InChI is InChI=1S/C23H25N7O/c1-4-18(7-8-20-17(2)6-5-11-24-20)14-23-27-26-22-10-9-21(28-30(22)23)19-15-25-29(16-19)12-13-31-3/h5-11,15-16H,2,4,12-14H2,1,3H3/b18-7+,20-8+. The molecule has 0 N–H and O–H groups in total. The molecule has 0 saturated carbocycles. The van der Waals surface area contributed by atoms with Crippen molar-refractivity contribution in [3.63, 3.8) is 0 Å². The number of ether oxygens (including phenoxy) is 1. The van der Waals surface area contributed by atoms with Gasteiger partial charge < -0.3 is 4.74 Å². The van der Waals surface area contributed by atoms with Crippen LogP contribution in [0.2, 0.25) is 0 Å². The predicted molar refractivity (Wildman–Crippen MR) is 119 cm³/mol. The van der Waals surface area contributed by atoms with E-state index in [0.717, 1.165) is 39.7 Å². The Hall–Kier alpha value is -3.65. The van der Waals surface area contributed by atoms with Gasteiger partial charge in [-0.1, -0.05) is 31.2 Å². The SMILES string of the molecule is C=c1cccn/c1=C/C=C(\CC)Cc1nnc2ccc(-c3cnn(CCOC)c3)nn12. The quantitative estimate of drug-likeness (QED) is 0.436. The van der Waals surface area contributed by atoms with E-state index in [-0.39, 0.29) is 0 Å². The van der Waals surface area contributed by atoms with E-state index >= 15 is 0 Å². The summed E-state index contributed by atoms with van der Waals surface area (Å²) in [6.07, 6.45) is 11.2. The second kappa shape index (κ2) is 9.44. The maximum atomic E-state index is 5.11. The van der Waals surface area contributed by atoms with Crippen LogP contribution in [0.5, 0.6) is 0 Å². The van der Waals surface area contributed by atoms with Gasteiger partial charge in [-0.2, -0.15) is 14.7 Å². The van der Waals surface area contributed by atoms with E-state index in [9.17, 15) is 0 Å². The van der Waals surface area contributed by atoms with Gasteiger partial charge in [-0.25, -0.2) is 0 Å². The number of allylic oxidation sites excluding steroid dienone is 2. The van der Waals surface area contributed by atoms with Crippen molar-refractivity contribution < 1.29 is 4.74 Å². The Morgan fingerprint density at radius 3 is 2.94 bits per heavy atom. The molecule has 8 heteroatoms. The van der Waals surface area contributed by atoms with E-state index in [1.54, 1.807) is 17.8 Å². The van der Waals surface area contributed by atoms with Gasteiger partial charge in [-0.3, -0.25) is 9.67 Å². The molecule has 0 bridgehead atoms.